The zero-order valence-corrected chi connectivity index (χ0v) is 22.5. The van der Waals surface area contributed by atoms with Gasteiger partial charge < -0.3 is 29.1 Å². The summed E-state index contributed by atoms with van der Waals surface area (Å²) in [6, 6.07) is 8.31. The van der Waals surface area contributed by atoms with Crippen molar-refractivity contribution in [2.24, 2.45) is 0 Å². The van der Waals surface area contributed by atoms with E-state index in [0.29, 0.717) is 31.6 Å². The number of ether oxygens (including phenoxy) is 3. The fourth-order valence-electron chi connectivity index (χ4n) is 4.98. The second-order valence-electron chi connectivity index (χ2n) is 9.60. The number of carbonyl (C=O) groups excluding carboxylic acids is 2. The van der Waals surface area contributed by atoms with Gasteiger partial charge in [0.25, 0.3) is 5.91 Å². The molecule has 0 spiro atoms. The number of amides is 1. The molecule has 2 aromatic carbocycles. The highest BCUT2D eigenvalue weighted by molar-refractivity contribution is 6.31. The molecule has 2 unspecified atom stereocenters. The van der Waals surface area contributed by atoms with Crippen LogP contribution in [-0.2, 0) is 19.9 Å². The lowest BCUT2D eigenvalue weighted by Crippen LogP contribution is -2.47. The number of anilines is 2. The fourth-order valence-corrected chi connectivity index (χ4v) is 5.32. The lowest BCUT2D eigenvalue weighted by molar-refractivity contribution is -0.274. The molecule has 212 valence electrons. The minimum absolute atomic E-state index is 0.0705. The predicted molar refractivity (Wildman–Crippen MR) is 139 cm³/mol. The Balaban J connectivity index is 1.57. The summed E-state index contributed by atoms with van der Waals surface area (Å²) >= 11 is 6.51. The van der Waals surface area contributed by atoms with Gasteiger partial charge in [-0.1, -0.05) is 30.7 Å². The molecule has 39 heavy (non-hydrogen) atoms. The van der Waals surface area contributed by atoms with Crippen molar-refractivity contribution < 1.29 is 42.1 Å². The SMILES string of the molecule is CCOC(=O)OC1CCN(c2ccc(C(C)C(O)(c3ccc4c(c3)N(C)C(=O)CO4)C(F)(F)F)c(Cl)c2)CC1. The lowest BCUT2D eigenvalue weighted by Gasteiger charge is -2.38. The first-order valence-corrected chi connectivity index (χ1v) is 12.9. The van der Waals surface area contributed by atoms with Crippen LogP contribution in [0.1, 0.15) is 43.7 Å². The van der Waals surface area contributed by atoms with E-state index in [1.165, 1.54) is 31.0 Å². The molecule has 1 fully saturated rings. The van der Waals surface area contributed by atoms with E-state index in [-0.39, 0.29) is 41.3 Å². The van der Waals surface area contributed by atoms with Crippen LogP contribution < -0.4 is 14.5 Å². The Morgan fingerprint density at radius 1 is 1.21 bits per heavy atom. The molecule has 1 N–H and O–H groups in total. The van der Waals surface area contributed by atoms with Crippen LogP contribution in [0, 0.1) is 0 Å². The molecule has 4 rings (SSSR count). The molecule has 0 aliphatic carbocycles. The number of aliphatic hydroxyl groups is 1. The van der Waals surface area contributed by atoms with Crippen molar-refractivity contribution in [3.63, 3.8) is 0 Å². The maximum atomic E-state index is 14.6. The van der Waals surface area contributed by atoms with Gasteiger partial charge in [-0.3, -0.25) is 4.79 Å². The summed E-state index contributed by atoms with van der Waals surface area (Å²) in [5.41, 5.74) is -2.80. The molecule has 1 saturated heterocycles. The van der Waals surface area contributed by atoms with Gasteiger partial charge in [-0.05, 0) is 42.3 Å². The molecule has 0 saturated carbocycles. The first kappa shape index (κ1) is 28.8. The molecule has 2 aromatic rings. The number of piperidine rings is 1. The van der Waals surface area contributed by atoms with E-state index in [2.05, 4.69) is 0 Å². The van der Waals surface area contributed by atoms with Crippen molar-refractivity contribution in [1.82, 2.24) is 0 Å². The first-order chi connectivity index (χ1) is 18.4. The quantitative estimate of drug-likeness (QED) is 0.466. The van der Waals surface area contributed by atoms with Gasteiger partial charge in [0.2, 0.25) is 0 Å². The van der Waals surface area contributed by atoms with Crippen LogP contribution in [0.2, 0.25) is 5.02 Å². The maximum Gasteiger partial charge on any atom is 0.508 e. The average Bonchev–Trinajstić information content (AvgIpc) is 2.89. The van der Waals surface area contributed by atoms with Gasteiger partial charge in [-0.15, -0.1) is 0 Å². The predicted octanol–water partition coefficient (Wildman–Crippen LogP) is 5.39. The average molecular weight is 571 g/mol. The molecule has 2 aliphatic rings. The van der Waals surface area contributed by atoms with Gasteiger partial charge in [0, 0.05) is 49.6 Å². The van der Waals surface area contributed by atoms with Crippen molar-refractivity contribution >= 4 is 35.0 Å². The number of carbonyl (C=O) groups is 2. The third-order valence-corrected chi connectivity index (χ3v) is 7.65. The number of rotatable bonds is 6. The van der Waals surface area contributed by atoms with Gasteiger partial charge in [0.15, 0.2) is 12.2 Å². The van der Waals surface area contributed by atoms with Crippen LogP contribution in [0.15, 0.2) is 36.4 Å². The van der Waals surface area contributed by atoms with Gasteiger partial charge in [-0.2, -0.15) is 13.2 Å². The molecule has 0 aromatic heterocycles. The largest absolute Gasteiger partial charge is 0.508 e. The van der Waals surface area contributed by atoms with E-state index in [1.807, 2.05) is 4.90 Å². The molecule has 12 heteroatoms. The number of likely N-dealkylation sites (N-methyl/N-ethyl adjacent to an activating group) is 1. The molecule has 0 radical (unpaired) electrons. The molecular formula is C27H30ClF3N2O6. The minimum atomic E-state index is -5.07. The Morgan fingerprint density at radius 2 is 1.90 bits per heavy atom. The summed E-state index contributed by atoms with van der Waals surface area (Å²) in [4.78, 5) is 26.8. The highest BCUT2D eigenvalue weighted by atomic mass is 35.5. The van der Waals surface area contributed by atoms with Gasteiger partial charge in [-0.25, -0.2) is 4.79 Å². The number of benzene rings is 2. The molecule has 1 amide bonds. The van der Waals surface area contributed by atoms with E-state index in [1.54, 1.807) is 19.1 Å². The summed E-state index contributed by atoms with van der Waals surface area (Å²) in [6.07, 6.45) is -4.95. The molecule has 2 aliphatic heterocycles. The van der Waals surface area contributed by atoms with Crippen LogP contribution >= 0.6 is 11.6 Å². The van der Waals surface area contributed by atoms with E-state index in [9.17, 15) is 27.9 Å². The highest BCUT2D eigenvalue weighted by Crippen LogP contribution is 2.51. The Morgan fingerprint density at radius 3 is 2.51 bits per heavy atom. The van der Waals surface area contributed by atoms with E-state index in [4.69, 9.17) is 25.8 Å². The van der Waals surface area contributed by atoms with E-state index in [0.717, 1.165) is 12.1 Å². The Kier molecular flexibility index (Phi) is 8.22. The summed E-state index contributed by atoms with van der Waals surface area (Å²) in [5, 5.41) is 11.4. The summed E-state index contributed by atoms with van der Waals surface area (Å²) in [7, 11) is 1.44. The van der Waals surface area contributed by atoms with Crippen LogP contribution in [0.4, 0.5) is 29.3 Å². The van der Waals surface area contributed by atoms with E-state index < -0.39 is 35.3 Å². The molecule has 2 heterocycles. The van der Waals surface area contributed by atoms with E-state index >= 15 is 0 Å². The monoisotopic (exact) mass is 570 g/mol. The number of fused-ring (bicyclic) bond motifs is 1. The second kappa shape index (κ2) is 11.1. The third-order valence-electron chi connectivity index (χ3n) is 7.33. The van der Waals surface area contributed by atoms with Gasteiger partial charge >= 0.3 is 12.3 Å². The van der Waals surface area contributed by atoms with Crippen LogP contribution in [0.25, 0.3) is 0 Å². The Labute approximate surface area is 229 Å². The molecule has 8 nitrogen and oxygen atoms in total. The molecule has 0 bridgehead atoms. The summed E-state index contributed by atoms with van der Waals surface area (Å²) in [5.74, 6) is -1.67. The Hall–Kier alpha value is -3.18. The zero-order valence-electron chi connectivity index (χ0n) is 21.8. The number of hydrogen-bond acceptors (Lipinski definition) is 7. The minimum Gasteiger partial charge on any atom is -0.482 e. The van der Waals surface area contributed by atoms with Crippen molar-refractivity contribution in [3.05, 3.63) is 52.5 Å². The number of hydrogen-bond donors (Lipinski definition) is 1. The maximum absolute atomic E-state index is 14.6. The topological polar surface area (TPSA) is 88.5 Å². The summed E-state index contributed by atoms with van der Waals surface area (Å²) in [6.45, 7) is 4.05. The normalized spacial score (nSPS) is 18.6. The van der Waals surface area contributed by atoms with Crippen molar-refractivity contribution in [2.75, 3.05) is 43.2 Å². The number of halogens is 4. The van der Waals surface area contributed by atoms with Crippen LogP contribution in [0.5, 0.6) is 5.75 Å². The standard InChI is InChI=1S/C27H30ClF3N2O6/c1-4-37-25(35)39-19-9-11-33(12-10-19)18-6-7-20(21(28)14-18)16(2)26(36,27(29,30)31)17-5-8-23-22(13-17)32(3)24(34)15-38-23/h5-8,13-14,16,19,36H,4,9-12,15H2,1-3H3. The zero-order chi connectivity index (χ0) is 28.5. The highest BCUT2D eigenvalue weighted by Gasteiger charge is 2.59. The lowest BCUT2D eigenvalue weighted by atomic mass is 9.77. The second-order valence-corrected chi connectivity index (χ2v) is 10.0. The smallest absolute Gasteiger partial charge is 0.482 e. The Bertz CT molecular complexity index is 1230. The fraction of sp³-hybridized carbons (Fsp3) is 0.481. The molecule has 2 atom stereocenters. The van der Waals surface area contributed by atoms with Gasteiger partial charge in [0.05, 0.1) is 12.3 Å². The number of nitrogens with zero attached hydrogens (tertiary/aromatic N) is 2. The summed E-state index contributed by atoms with van der Waals surface area (Å²) < 4.78 is 59.1. The van der Waals surface area contributed by atoms with Crippen LogP contribution in [-0.4, -0.2) is 62.8 Å². The number of alkyl halides is 3. The third kappa shape index (κ3) is 5.60. The van der Waals surface area contributed by atoms with Gasteiger partial charge in [0.1, 0.15) is 11.9 Å². The van der Waals surface area contributed by atoms with Crippen molar-refractivity contribution in [3.8, 4) is 5.75 Å². The van der Waals surface area contributed by atoms with Crippen LogP contribution in [0.3, 0.4) is 0 Å². The molecular weight excluding hydrogens is 541 g/mol. The first-order valence-electron chi connectivity index (χ1n) is 12.6. The van der Waals surface area contributed by atoms with Crippen molar-refractivity contribution in [2.45, 2.75) is 50.5 Å². The van der Waals surface area contributed by atoms with Crippen molar-refractivity contribution in [1.29, 1.82) is 0 Å².